The van der Waals surface area contributed by atoms with Crippen LogP contribution in [0.15, 0.2) is 41.0 Å². The predicted octanol–water partition coefficient (Wildman–Crippen LogP) is 2.58. The number of rotatable bonds is 5. The molecular formula is C16H17N3O2. The van der Waals surface area contributed by atoms with Crippen LogP contribution in [0.1, 0.15) is 24.1 Å². The Bertz CT molecular complexity index is 744. The monoisotopic (exact) mass is 283 g/mol. The summed E-state index contributed by atoms with van der Waals surface area (Å²) in [5.41, 5.74) is 2.88. The van der Waals surface area contributed by atoms with Crippen LogP contribution >= 0.6 is 0 Å². The highest BCUT2D eigenvalue weighted by Gasteiger charge is 2.07. The van der Waals surface area contributed by atoms with E-state index in [1.807, 2.05) is 24.3 Å². The van der Waals surface area contributed by atoms with Gasteiger partial charge >= 0.3 is 0 Å². The first-order chi connectivity index (χ1) is 10.2. The molecule has 21 heavy (non-hydrogen) atoms. The van der Waals surface area contributed by atoms with Crippen LogP contribution in [0.5, 0.6) is 0 Å². The van der Waals surface area contributed by atoms with E-state index in [1.165, 1.54) is 0 Å². The average Bonchev–Trinajstić information content (AvgIpc) is 3.13. The Kier molecular flexibility index (Phi) is 3.73. The van der Waals surface area contributed by atoms with Crippen LogP contribution in [0.3, 0.4) is 0 Å². The number of carbonyl (C=O) groups is 1. The van der Waals surface area contributed by atoms with Gasteiger partial charge < -0.3 is 14.7 Å². The van der Waals surface area contributed by atoms with E-state index in [-0.39, 0.29) is 5.91 Å². The number of imidazole rings is 1. The number of nitrogens with one attached hydrogen (secondary N) is 2. The number of aryl methyl sites for hydroxylation is 1. The topological polar surface area (TPSA) is 70.9 Å². The summed E-state index contributed by atoms with van der Waals surface area (Å²) < 4.78 is 5.18. The first kappa shape index (κ1) is 13.4. The van der Waals surface area contributed by atoms with Crippen LogP contribution in [-0.2, 0) is 24.2 Å². The maximum Gasteiger partial charge on any atom is 0.224 e. The zero-order valence-corrected chi connectivity index (χ0v) is 11.8. The molecule has 1 aromatic carbocycles. The fourth-order valence-corrected chi connectivity index (χ4v) is 2.23. The lowest BCUT2D eigenvalue weighted by Gasteiger charge is -2.03. The van der Waals surface area contributed by atoms with Crippen molar-refractivity contribution in [2.75, 3.05) is 0 Å². The highest BCUT2D eigenvalue weighted by atomic mass is 16.3. The van der Waals surface area contributed by atoms with Crippen LogP contribution in [-0.4, -0.2) is 15.9 Å². The van der Waals surface area contributed by atoms with Crippen LogP contribution in [0.4, 0.5) is 0 Å². The molecule has 3 aromatic rings. The predicted molar refractivity (Wildman–Crippen MR) is 79.7 cm³/mol. The molecule has 3 rings (SSSR count). The van der Waals surface area contributed by atoms with Gasteiger partial charge in [0.15, 0.2) is 0 Å². The number of hydrogen-bond donors (Lipinski definition) is 2. The Hall–Kier alpha value is -2.56. The Balaban J connectivity index is 1.65. The number of aromatic amines is 1. The number of fused-ring (bicyclic) bond motifs is 1. The average molecular weight is 283 g/mol. The number of hydrogen-bond acceptors (Lipinski definition) is 3. The Morgan fingerprint density at radius 1 is 1.38 bits per heavy atom. The molecule has 108 valence electrons. The number of carbonyl (C=O) groups excluding carboxylic acids is 1. The maximum atomic E-state index is 11.9. The zero-order chi connectivity index (χ0) is 14.7. The van der Waals surface area contributed by atoms with Gasteiger partial charge in [-0.05, 0) is 29.8 Å². The highest BCUT2D eigenvalue weighted by molar-refractivity contribution is 5.81. The highest BCUT2D eigenvalue weighted by Crippen LogP contribution is 2.14. The molecule has 0 fully saturated rings. The second kappa shape index (κ2) is 5.83. The molecule has 0 aliphatic heterocycles. The summed E-state index contributed by atoms with van der Waals surface area (Å²) in [6, 6.07) is 9.51. The van der Waals surface area contributed by atoms with Crippen molar-refractivity contribution in [2.45, 2.75) is 26.3 Å². The van der Waals surface area contributed by atoms with E-state index in [0.717, 1.165) is 34.6 Å². The third-order valence-electron chi connectivity index (χ3n) is 3.33. The third-order valence-corrected chi connectivity index (χ3v) is 3.33. The number of furan rings is 1. The zero-order valence-electron chi connectivity index (χ0n) is 11.8. The van der Waals surface area contributed by atoms with Crippen LogP contribution in [0, 0.1) is 0 Å². The second-order valence-electron chi connectivity index (χ2n) is 4.92. The van der Waals surface area contributed by atoms with E-state index in [4.69, 9.17) is 4.42 Å². The van der Waals surface area contributed by atoms with Crippen molar-refractivity contribution < 1.29 is 9.21 Å². The molecule has 0 saturated carbocycles. The van der Waals surface area contributed by atoms with Crippen LogP contribution in [0.2, 0.25) is 0 Å². The number of amides is 1. The summed E-state index contributed by atoms with van der Waals surface area (Å²) in [5.74, 6) is 1.69. The van der Waals surface area contributed by atoms with Gasteiger partial charge in [0.25, 0.3) is 0 Å². The van der Waals surface area contributed by atoms with Gasteiger partial charge in [-0.15, -0.1) is 0 Å². The summed E-state index contributed by atoms with van der Waals surface area (Å²) in [5, 5.41) is 2.84. The minimum absolute atomic E-state index is 0.0269. The molecule has 2 N–H and O–H groups in total. The maximum absolute atomic E-state index is 11.9. The lowest BCUT2D eigenvalue weighted by atomic mass is 10.1. The lowest BCUT2D eigenvalue weighted by molar-refractivity contribution is -0.120. The van der Waals surface area contributed by atoms with Gasteiger partial charge in [-0.1, -0.05) is 13.0 Å². The van der Waals surface area contributed by atoms with E-state index in [9.17, 15) is 4.79 Å². The van der Waals surface area contributed by atoms with Gasteiger partial charge in [-0.25, -0.2) is 4.98 Å². The van der Waals surface area contributed by atoms with E-state index in [0.29, 0.717) is 13.0 Å². The van der Waals surface area contributed by atoms with Crippen molar-refractivity contribution in [1.29, 1.82) is 0 Å². The van der Waals surface area contributed by atoms with Gasteiger partial charge in [0.2, 0.25) is 5.91 Å². The molecule has 0 unspecified atom stereocenters. The lowest BCUT2D eigenvalue weighted by Crippen LogP contribution is -2.24. The number of benzene rings is 1. The van der Waals surface area contributed by atoms with Gasteiger partial charge in [0.05, 0.1) is 30.3 Å². The van der Waals surface area contributed by atoms with Gasteiger partial charge in [-0.2, -0.15) is 0 Å². The Morgan fingerprint density at radius 3 is 3.05 bits per heavy atom. The number of aromatic nitrogens is 2. The van der Waals surface area contributed by atoms with Gasteiger partial charge in [-0.3, -0.25) is 4.79 Å². The molecule has 0 spiro atoms. The summed E-state index contributed by atoms with van der Waals surface area (Å²) in [6.45, 7) is 2.47. The summed E-state index contributed by atoms with van der Waals surface area (Å²) in [4.78, 5) is 19.6. The second-order valence-corrected chi connectivity index (χ2v) is 4.92. The smallest absolute Gasteiger partial charge is 0.224 e. The summed E-state index contributed by atoms with van der Waals surface area (Å²) >= 11 is 0. The van der Waals surface area contributed by atoms with Crippen molar-refractivity contribution in [3.05, 3.63) is 53.7 Å². The largest absolute Gasteiger partial charge is 0.467 e. The molecule has 5 nitrogen and oxygen atoms in total. The number of H-pyrrole nitrogens is 1. The van der Waals surface area contributed by atoms with Crippen LogP contribution in [0.25, 0.3) is 11.0 Å². The Labute approximate surface area is 122 Å². The molecule has 0 atom stereocenters. The summed E-state index contributed by atoms with van der Waals surface area (Å²) in [6.07, 6.45) is 2.81. The third kappa shape index (κ3) is 3.13. The van der Waals surface area contributed by atoms with Crippen molar-refractivity contribution >= 4 is 16.9 Å². The van der Waals surface area contributed by atoms with Crippen molar-refractivity contribution in [1.82, 2.24) is 15.3 Å². The normalized spacial score (nSPS) is 10.9. The molecule has 0 bridgehead atoms. The van der Waals surface area contributed by atoms with Crippen molar-refractivity contribution in [3.63, 3.8) is 0 Å². The SMILES string of the molecule is CCc1nc2ccc(CC(=O)NCc3ccco3)cc2[nH]1. The minimum atomic E-state index is -0.0269. The fourth-order valence-electron chi connectivity index (χ4n) is 2.23. The van der Waals surface area contributed by atoms with E-state index < -0.39 is 0 Å². The molecule has 0 aliphatic carbocycles. The number of nitrogens with zero attached hydrogens (tertiary/aromatic N) is 1. The molecule has 5 heteroatoms. The summed E-state index contributed by atoms with van der Waals surface area (Å²) in [7, 11) is 0. The van der Waals surface area contributed by atoms with Crippen molar-refractivity contribution in [2.24, 2.45) is 0 Å². The molecule has 0 aliphatic rings. The molecular weight excluding hydrogens is 266 g/mol. The fraction of sp³-hybridized carbons (Fsp3) is 0.250. The molecule has 0 radical (unpaired) electrons. The molecule has 2 heterocycles. The van der Waals surface area contributed by atoms with Crippen molar-refractivity contribution in [3.8, 4) is 0 Å². The van der Waals surface area contributed by atoms with Gasteiger partial charge in [0, 0.05) is 6.42 Å². The van der Waals surface area contributed by atoms with Gasteiger partial charge in [0.1, 0.15) is 11.6 Å². The quantitative estimate of drug-likeness (QED) is 0.756. The minimum Gasteiger partial charge on any atom is -0.467 e. The standard InChI is InChI=1S/C16H17N3O2/c1-2-15-18-13-6-5-11(8-14(13)19-15)9-16(20)17-10-12-4-3-7-21-12/h3-8H,2,9-10H2,1H3,(H,17,20)(H,18,19). The first-order valence-electron chi connectivity index (χ1n) is 7.01. The Morgan fingerprint density at radius 2 is 2.29 bits per heavy atom. The van der Waals surface area contributed by atoms with E-state index >= 15 is 0 Å². The van der Waals surface area contributed by atoms with E-state index in [2.05, 4.69) is 22.2 Å². The first-order valence-corrected chi connectivity index (χ1v) is 7.01. The van der Waals surface area contributed by atoms with Crippen LogP contribution < -0.4 is 5.32 Å². The molecule has 2 aromatic heterocycles. The van der Waals surface area contributed by atoms with E-state index in [1.54, 1.807) is 12.3 Å². The molecule has 0 saturated heterocycles. The molecule has 1 amide bonds.